The molecule has 0 aliphatic heterocycles. The number of aromatic nitrogens is 2. The van der Waals surface area contributed by atoms with Crippen LogP contribution in [0.3, 0.4) is 0 Å². The van der Waals surface area contributed by atoms with Gasteiger partial charge in [0.05, 0.1) is 17.3 Å². The lowest BCUT2D eigenvalue weighted by Gasteiger charge is -2.03. The zero-order valence-corrected chi connectivity index (χ0v) is 12.3. The summed E-state index contributed by atoms with van der Waals surface area (Å²) in [5, 5.41) is 20.5. The average Bonchev–Trinajstić information content (AvgIpc) is 2.81. The van der Waals surface area contributed by atoms with Crippen molar-refractivity contribution in [3.63, 3.8) is 0 Å². The molecule has 1 aromatic heterocycles. The Bertz CT molecular complexity index is 679. The molecule has 1 aromatic carbocycles. The number of amides is 1. The van der Waals surface area contributed by atoms with Crippen molar-refractivity contribution in [1.29, 1.82) is 0 Å². The number of carbonyl (C=O) groups is 1. The molecule has 0 aliphatic carbocycles. The van der Waals surface area contributed by atoms with Crippen molar-refractivity contribution in [3.05, 3.63) is 46.2 Å². The Hall–Kier alpha value is -2.34. The minimum atomic E-state index is -0.505. The summed E-state index contributed by atoms with van der Waals surface area (Å²) in [7, 11) is 0. The number of carbonyl (C=O) groups excluding carboxylic acids is 1. The number of halogens is 1. The average molecular weight is 307 g/mol. The fraction of sp³-hybridized carbons (Fsp3) is 0.214. The van der Waals surface area contributed by atoms with E-state index in [0.29, 0.717) is 10.7 Å². The monoisotopic (exact) mass is 306 g/mol. The standard InChI is InChI=1S/C14H15ClN4O2/c1-8(2)12-10(13(15)18-17-12)7-16-19-14(21)9-5-3-4-6-11(9)20/h3-8,20H,1-2H3,(H,17,18)(H,19,21). The minimum absolute atomic E-state index is 0.102. The number of para-hydroxylation sites is 1. The van der Waals surface area contributed by atoms with E-state index in [9.17, 15) is 9.90 Å². The summed E-state index contributed by atoms with van der Waals surface area (Å²) in [6, 6.07) is 6.23. The van der Waals surface area contributed by atoms with Gasteiger partial charge in [0, 0.05) is 5.69 Å². The van der Waals surface area contributed by atoms with Gasteiger partial charge in [-0.2, -0.15) is 10.2 Å². The number of nitrogens with zero attached hydrogens (tertiary/aromatic N) is 2. The van der Waals surface area contributed by atoms with Crippen LogP contribution < -0.4 is 5.43 Å². The molecule has 0 unspecified atom stereocenters. The van der Waals surface area contributed by atoms with Gasteiger partial charge in [-0.1, -0.05) is 37.6 Å². The molecule has 0 atom stereocenters. The van der Waals surface area contributed by atoms with Gasteiger partial charge >= 0.3 is 0 Å². The highest BCUT2D eigenvalue weighted by Crippen LogP contribution is 2.21. The van der Waals surface area contributed by atoms with Crippen molar-refractivity contribution in [3.8, 4) is 5.75 Å². The molecule has 21 heavy (non-hydrogen) atoms. The third-order valence-corrected chi connectivity index (χ3v) is 3.16. The van der Waals surface area contributed by atoms with E-state index in [1.165, 1.54) is 18.3 Å². The number of H-pyrrole nitrogens is 1. The van der Waals surface area contributed by atoms with Crippen LogP contribution in [0.5, 0.6) is 5.75 Å². The molecule has 0 saturated carbocycles. The van der Waals surface area contributed by atoms with Crippen LogP contribution in [-0.2, 0) is 0 Å². The second kappa shape index (κ2) is 6.41. The Balaban J connectivity index is 2.12. The first-order chi connectivity index (χ1) is 10.0. The summed E-state index contributed by atoms with van der Waals surface area (Å²) in [4.78, 5) is 11.9. The molecule has 0 saturated heterocycles. The smallest absolute Gasteiger partial charge is 0.275 e. The van der Waals surface area contributed by atoms with E-state index in [1.807, 2.05) is 13.8 Å². The number of rotatable bonds is 4. The number of phenols is 1. The lowest BCUT2D eigenvalue weighted by molar-refractivity contribution is 0.0952. The molecule has 110 valence electrons. The van der Waals surface area contributed by atoms with Crippen LogP contribution >= 0.6 is 11.6 Å². The fourth-order valence-electron chi connectivity index (χ4n) is 1.79. The highest BCUT2D eigenvalue weighted by Gasteiger charge is 2.13. The molecule has 1 amide bonds. The van der Waals surface area contributed by atoms with Gasteiger partial charge in [0.25, 0.3) is 5.91 Å². The first kappa shape index (κ1) is 15.1. The van der Waals surface area contributed by atoms with Crippen LogP contribution in [-0.4, -0.2) is 27.4 Å². The molecule has 0 aliphatic rings. The summed E-state index contributed by atoms with van der Waals surface area (Å²) in [5.41, 5.74) is 3.95. The highest BCUT2D eigenvalue weighted by molar-refractivity contribution is 6.32. The highest BCUT2D eigenvalue weighted by atomic mass is 35.5. The summed E-state index contributed by atoms with van der Waals surface area (Å²) in [6.07, 6.45) is 1.43. The summed E-state index contributed by atoms with van der Waals surface area (Å²) >= 11 is 5.96. The molecule has 0 fully saturated rings. The second-order valence-corrected chi connectivity index (χ2v) is 5.07. The molecule has 3 N–H and O–H groups in total. The lowest BCUT2D eigenvalue weighted by atomic mass is 10.1. The Morgan fingerprint density at radius 1 is 1.48 bits per heavy atom. The van der Waals surface area contributed by atoms with Gasteiger partial charge in [0.2, 0.25) is 0 Å². The predicted octanol–water partition coefficient (Wildman–Crippen LogP) is 2.66. The summed E-state index contributed by atoms with van der Waals surface area (Å²) in [6.45, 7) is 3.98. The van der Waals surface area contributed by atoms with Crippen LogP contribution in [0, 0.1) is 0 Å². The van der Waals surface area contributed by atoms with Crippen molar-refractivity contribution in [2.24, 2.45) is 5.10 Å². The SMILES string of the molecule is CC(C)c1[nH]nc(Cl)c1C=NNC(=O)c1ccccc1O. The van der Waals surface area contributed by atoms with Crippen LogP contribution in [0.2, 0.25) is 5.15 Å². The molecular formula is C14H15ClN4O2. The van der Waals surface area contributed by atoms with Gasteiger partial charge < -0.3 is 5.11 Å². The van der Waals surface area contributed by atoms with Gasteiger partial charge in [-0.15, -0.1) is 0 Å². The number of aromatic hydroxyl groups is 1. The topological polar surface area (TPSA) is 90.4 Å². The lowest BCUT2D eigenvalue weighted by Crippen LogP contribution is -2.17. The molecule has 1 heterocycles. The van der Waals surface area contributed by atoms with Crippen LogP contribution in [0.15, 0.2) is 29.4 Å². The maximum Gasteiger partial charge on any atom is 0.275 e. The van der Waals surface area contributed by atoms with Gasteiger partial charge in [-0.05, 0) is 18.1 Å². The maximum atomic E-state index is 11.9. The number of hydrogen-bond donors (Lipinski definition) is 3. The third-order valence-electron chi connectivity index (χ3n) is 2.87. The maximum absolute atomic E-state index is 11.9. The third kappa shape index (κ3) is 3.41. The Labute approximate surface area is 126 Å². The van der Waals surface area contributed by atoms with E-state index < -0.39 is 5.91 Å². The molecule has 0 bridgehead atoms. The van der Waals surface area contributed by atoms with Crippen molar-refractivity contribution in [1.82, 2.24) is 15.6 Å². The molecule has 7 heteroatoms. The quantitative estimate of drug-likeness (QED) is 0.599. The van der Waals surface area contributed by atoms with E-state index in [2.05, 4.69) is 20.7 Å². The second-order valence-electron chi connectivity index (χ2n) is 4.71. The molecule has 2 aromatic rings. The largest absolute Gasteiger partial charge is 0.507 e. The summed E-state index contributed by atoms with van der Waals surface area (Å²) in [5.74, 6) is -0.412. The van der Waals surface area contributed by atoms with Gasteiger partial charge in [0.1, 0.15) is 5.75 Å². The number of hydrogen-bond acceptors (Lipinski definition) is 4. The summed E-state index contributed by atoms with van der Waals surface area (Å²) < 4.78 is 0. The van der Waals surface area contributed by atoms with Crippen molar-refractivity contribution in [2.75, 3.05) is 0 Å². The zero-order chi connectivity index (χ0) is 15.4. The van der Waals surface area contributed by atoms with Crippen molar-refractivity contribution >= 4 is 23.7 Å². The fourth-order valence-corrected chi connectivity index (χ4v) is 1.98. The molecule has 0 spiro atoms. The Morgan fingerprint density at radius 2 is 2.19 bits per heavy atom. The minimum Gasteiger partial charge on any atom is -0.507 e. The van der Waals surface area contributed by atoms with Gasteiger partial charge in [0.15, 0.2) is 5.15 Å². The van der Waals surface area contributed by atoms with Gasteiger partial charge in [-0.3, -0.25) is 9.89 Å². The molecule has 2 rings (SSSR count). The van der Waals surface area contributed by atoms with Crippen LogP contribution in [0.25, 0.3) is 0 Å². The molecular weight excluding hydrogens is 292 g/mol. The van der Waals surface area contributed by atoms with E-state index in [1.54, 1.807) is 12.1 Å². The van der Waals surface area contributed by atoms with Gasteiger partial charge in [-0.25, -0.2) is 5.43 Å². The Kier molecular flexibility index (Phi) is 4.59. The van der Waals surface area contributed by atoms with E-state index in [4.69, 9.17) is 11.6 Å². The number of nitrogens with one attached hydrogen (secondary N) is 2. The number of hydrazone groups is 1. The first-order valence-corrected chi connectivity index (χ1v) is 6.73. The van der Waals surface area contributed by atoms with E-state index in [-0.39, 0.29) is 17.2 Å². The predicted molar refractivity (Wildman–Crippen MR) is 80.9 cm³/mol. The zero-order valence-electron chi connectivity index (χ0n) is 11.6. The number of benzene rings is 1. The van der Waals surface area contributed by atoms with E-state index in [0.717, 1.165) is 5.69 Å². The Morgan fingerprint density at radius 3 is 2.86 bits per heavy atom. The number of phenolic OH excluding ortho intramolecular Hbond substituents is 1. The molecule has 6 nitrogen and oxygen atoms in total. The van der Waals surface area contributed by atoms with E-state index >= 15 is 0 Å². The van der Waals surface area contributed by atoms with Crippen molar-refractivity contribution < 1.29 is 9.90 Å². The molecule has 0 radical (unpaired) electrons. The first-order valence-electron chi connectivity index (χ1n) is 6.36. The van der Waals surface area contributed by atoms with Crippen molar-refractivity contribution in [2.45, 2.75) is 19.8 Å². The van der Waals surface area contributed by atoms with Crippen LogP contribution in [0.1, 0.15) is 41.4 Å². The van der Waals surface area contributed by atoms with Crippen LogP contribution in [0.4, 0.5) is 0 Å². The number of aromatic amines is 1. The normalized spacial score (nSPS) is 11.2.